The molecule has 0 aromatic carbocycles. The van der Waals surface area contributed by atoms with Crippen molar-refractivity contribution in [3.63, 3.8) is 0 Å². The number of carbonyl (C=O) groups is 2. The Labute approximate surface area is 115 Å². The zero-order valence-electron chi connectivity index (χ0n) is 11.4. The van der Waals surface area contributed by atoms with Gasteiger partial charge in [0.05, 0.1) is 5.92 Å². The van der Waals surface area contributed by atoms with Gasteiger partial charge in [-0.3, -0.25) is 9.59 Å². The molecular weight excluding hydrogens is 275 g/mol. The standard InChI is InChI=1S/C13H20F3NO3/c1-2-6-17(8-13(14,15)16)11(18)9-4-3-5-10(7-9)12(19)20/h9-10H,2-8H2,1H3,(H,19,20). The number of nitrogens with zero attached hydrogens (tertiary/aromatic N) is 1. The SMILES string of the molecule is CCCN(CC(F)(F)F)C(=O)C1CCCC(C(=O)O)C1. The predicted octanol–water partition coefficient (Wildman–Crippen LogP) is 2.68. The third-order valence-corrected chi connectivity index (χ3v) is 3.55. The molecule has 0 aromatic rings. The summed E-state index contributed by atoms with van der Waals surface area (Å²) in [6.45, 7) is 0.498. The summed E-state index contributed by atoms with van der Waals surface area (Å²) in [6, 6.07) is 0. The second-order valence-electron chi connectivity index (χ2n) is 5.27. The third kappa shape index (κ3) is 5.02. The summed E-state index contributed by atoms with van der Waals surface area (Å²) in [5.74, 6) is -2.75. The molecule has 7 heteroatoms. The highest BCUT2D eigenvalue weighted by atomic mass is 19.4. The fraction of sp³-hybridized carbons (Fsp3) is 0.846. The largest absolute Gasteiger partial charge is 0.481 e. The van der Waals surface area contributed by atoms with Gasteiger partial charge in [0.1, 0.15) is 6.54 Å². The molecule has 1 rings (SSSR count). The summed E-state index contributed by atoms with van der Waals surface area (Å²) in [5.41, 5.74) is 0. The van der Waals surface area contributed by atoms with Crippen LogP contribution in [0.5, 0.6) is 0 Å². The quantitative estimate of drug-likeness (QED) is 0.848. The van der Waals surface area contributed by atoms with Crippen LogP contribution in [-0.2, 0) is 9.59 Å². The van der Waals surface area contributed by atoms with E-state index in [0.29, 0.717) is 25.7 Å². The monoisotopic (exact) mass is 295 g/mol. The Morgan fingerprint density at radius 1 is 1.25 bits per heavy atom. The van der Waals surface area contributed by atoms with Gasteiger partial charge in [0.25, 0.3) is 0 Å². The van der Waals surface area contributed by atoms with Gasteiger partial charge < -0.3 is 10.0 Å². The van der Waals surface area contributed by atoms with Crippen molar-refractivity contribution in [2.75, 3.05) is 13.1 Å². The lowest BCUT2D eigenvalue weighted by molar-refractivity contribution is -0.165. The maximum atomic E-state index is 12.5. The van der Waals surface area contributed by atoms with Crippen LogP contribution in [-0.4, -0.2) is 41.1 Å². The smallest absolute Gasteiger partial charge is 0.406 e. The Bertz CT molecular complexity index is 357. The van der Waals surface area contributed by atoms with Gasteiger partial charge in [-0.25, -0.2) is 0 Å². The highest BCUT2D eigenvalue weighted by molar-refractivity contribution is 5.80. The van der Waals surface area contributed by atoms with E-state index in [-0.39, 0.29) is 13.0 Å². The van der Waals surface area contributed by atoms with E-state index in [4.69, 9.17) is 5.11 Å². The van der Waals surface area contributed by atoms with Gasteiger partial charge in [0.15, 0.2) is 0 Å². The topological polar surface area (TPSA) is 57.6 Å². The van der Waals surface area contributed by atoms with Crippen molar-refractivity contribution in [1.29, 1.82) is 0 Å². The van der Waals surface area contributed by atoms with E-state index in [1.54, 1.807) is 6.92 Å². The number of hydrogen-bond acceptors (Lipinski definition) is 2. The molecule has 4 nitrogen and oxygen atoms in total. The summed E-state index contributed by atoms with van der Waals surface area (Å²) in [7, 11) is 0. The molecule has 0 spiro atoms. The van der Waals surface area contributed by atoms with Crippen molar-refractivity contribution in [3.8, 4) is 0 Å². The Morgan fingerprint density at radius 2 is 1.85 bits per heavy atom. The van der Waals surface area contributed by atoms with Crippen LogP contribution in [0.2, 0.25) is 0 Å². The highest BCUT2D eigenvalue weighted by Gasteiger charge is 2.37. The normalized spacial score (nSPS) is 23.4. The number of carbonyl (C=O) groups excluding carboxylic acids is 1. The number of aliphatic carboxylic acids is 1. The van der Waals surface area contributed by atoms with E-state index >= 15 is 0 Å². The van der Waals surface area contributed by atoms with E-state index in [1.807, 2.05) is 0 Å². The second-order valence-corrected chi connectivity index (χ2v) is 5.27. The Kier molecular flexibility index (Phi) is 5.83. The van der Waals surface area contributed by atoms with Gasteiger partial charge in [-0.15, -0.1) is 0 Å². The molecule has 0 radical (unpaired) electrons. The van der Waals surface area contributed by atoms with Crippen molar-refractivity contribution in [2.45, 2.75) is 45.2 Å². The zero-order valence-corrected chi connectivity index (χ0v) is 11.4. The lowest BCUT2D eigenvalue weighted by atomic mass is 9.80. The summed E-state index contributed by atoms with van der Waals surface area (Å²) in [4.78, 5) is 23.9. The van der Waals surface area contributed by atoms with E-state index in [9.17, 15) is 22.8 Å². The van der Waals surface area contributed by atoms with Crippen LogP contribution in [0.3, 0.4) is 0 Å². The van der Waals surface area contributed by atoms with Crippen LogP contribution in [0.25, 0.3) is 0 Å². The molecule has 0 aliphatic heterocycles. The van der Waals surface area contributed by atoms with E-state index < -0.39 is 36.4 Å². The van der Waals surface area contributed by atoms with E-state index in [2.05, 4.69) is 0 Å². The third-order valence-electron chi connectivity index (χ3n) is 3.55. The molecule has 0 bridgehead atoms. The van der Waals surface area contributed by atoms with Gasteiger partial charge in [0, 0.05) is 12.5 Å². The summed E-state index contributed by atoms with van der Waals surface area (Å²) < 4.78 is 37.4. The fourth-order valence-corrected chi connectivity index (χ4v) is 2.65. The first-order chi connectivity index (χ1) is 9.24. The Morgan fingerprint density at radius 3 is 2.35 bits per heavy atom. The number of hydrogen-bond donors (Lipinski definition) is 1. The molecule has 0 saturated heterocycles. The maximum absolute atomic E-state index is 12.5. The molecular formula is C13H20F3NO3. The Balaban J connectivity index is 2.70. The van der Waals surface area contributed by atoms with E-state index in [0.717, 1.165) is 4.90 Å². The number of carboxylic acid groups (broad SMARTS) is 1. The average molecular weight is 295 g/mol. The average Bonchev–Trinajstić information content (AvgIpc) is 2.36. The number of halogens is 3. The molecule has 1 amide bonds. The maximum Gasteiger partial charge on any atom is 0.406 e. The Hall–Kier alpha value is -1.27. The molecule has 0 heterocycles. The van der Waals surface area contributed by atoms with Gasteiger partial charge in [0.2, 0.25) is 5.91 Å². The second kappa shape index (κ2) is 6.95. The number of amides is 1. The molecule has 1 fully saturated rings. The first-order valence-corrected chi connectivity index (χ1v) is 6.83. The van der Waals surface area contributed by atoms with Crippen LogP contribution in [0.15, 0.2) is 0 Å². The molecule has 1 saturated carbocycles. The van der Waals surface area contributed by atoms with Crippen LogP contribution in [0, 0.1) is 11.8 Å². The minimum absolute atomic E-state index is 0.0482. The fourth-order valence-electron chi connectivity index (χ4n) is 2.65. The molecule has 0 aromatic heterocycles. The van der Waals surface area contributed by atoms with Gasteiger partial charge in [-0.1, -0.05) is 13.3 Å². The van der Waals surface area contributed by atoms with Crippen molar-refractivity contribution in [2.24, 2.45) is 11.8 Å². The molecule has 2 unspecified atom stereocenters. The predicted molar refractivity (Wildman–Crippen MR) is 66.0 cm³/mol. The van der Waals surface area contributed by atoms with Crippen LogP contribution >= 0.6 is 0 Å². The minimum Gasteiger partial charge on any atom is -0.481 e. The highest BCUT2D eigenvalue weighted by Crippen LogP contribution is 2.31. The first kappa shape index (κ1) is 16.8. The summed E-state index contributed by atoms with van der Waals surface area (Å²) in [5, 5.41) is 8.96. The van der Waals surface area contributed by atoms with Gasteiger partial charge in [-0.05, 0) is 25.7 Å². The van der Waals surface area contributed by atoms with Crippen LogP contribution in [0.4, 0.5) is 13.2 Å². The molecule has 1 N–H and O–H groups in total. The van der Waals surface area contributed by atoms with Gasteiger partial charge in [-0.2, -0.15) is 13.2 Å². The van der Waals surface area contributed by atoms with Crippen molar-refractivity contribution < 1.29 is 27.9 Å². The van der Waals surface area contributed by atoms with Crippen molar-refractivity contribution in [1.82, 2.24) is 4.90 Å². The lowest BCUT2D eigenvalue weighted by Crippen LogP contribution is -2.44. The minimum atomic E-state index is -4.42. The van der Waals surface area contributed by atoms with E-state index in [1.165, 1.54) is 0 Å². The van der Waals surface area contributed by atoms with Crippen molar-refractivity contribution >= 4 is 11.9 Å². The van der Waals surface area contributed by atoms with Crippen LogP contribution in [0.1, 0.15) is 39.0 Å². The molecule has 1 aliphatic carbocycles. The molecule has 20 heavy (non-hydrogen) atoms. The molecule has 2 atom stereocenters. The molecule has 1 aliphatic rings. The van der Waals surface area contributed by atoms with Crippen molar-refractivity contribution in [3.05, 3.63) is 0 Å². The zero-order chi connectivity index (χ0) is 15.3. The van der Waals surface area contributed by atoms with Crippen LogP contribution < -0.4 is 0 Å². The summed E-state index contributed by atoms with van der Waals surface area (Å²) >= 11 is 0. The lowest BCUT2D eigenvalue weighted by Gasteiger charge is -2.31. The summed E-state index contributed by atoms with van der Waals surface area (Å²) in [6.07, 6.45) is -2.30. The number of carboxylic acids is 1. The first-order valence-electron chi connectivity index (χ1n) is 6.83. The van der Waals surface area contributed by atoms with Gasteiger partial charge >= 0.3 is 12.1 Å². The molecule has 116 valence electrons. The number of alkyl halides is 3. The number of rotatable bonds is 5.